The first kappa shape index (κ1) is 16.6. The van der Waals surface area contributed by atoms with Crippen LogP contribution in [0.4, 0.5) is 0 Å². The summed E-state index contributed by atoms with van der Waals surface area (Å²) in [6.07, 6.45) is 4.72. The maximum absolute atomic E-state index is 12.5. The number of rotatable bonds is 4. The second-order valence-corrected chi connectivity index (χ2v) is 6.33. The third kappa shape index (κ3) is 3.63. The predicted octanol–water partition coefficient (Wildman–Crippen LogP) is 2.43. The first-order chi connectivity index (χ1) is 11.6. The molecule has 24 heavy (non-hydrogen) atoms. The van der Waals surface area contributed by atoms with Gasteiger partial charge >= 0.3 is 0 Å². The summed E-state index contributed by atoms with van der Waals surface area (Å²) in [6, 6.07) is 12.0. The van der Waals surface area contributed by atoms with Gasteiger partial charge in [0, 0.05) is 25.6 Å². The number of aromatic nitrogens is 1. The molecule has 0 bridgehead atoms. The van der Waals surface area contributed by atoms with Crippen LogP contribution in [-0.2, 0) is 9.53 Å². The molecule has 1 aliphatic heterocycles. The maximum atomic E-state index is 12.5. The van der Waals surface area contributed by atoms with Crippen molar-refractivity contribution >= 4 is 5.91 Å². The van der Waals surface area contributed by atoms with Gasteiger partial charge in [0.1, 0.15) is 0 Å². The van der Waals surface area contributed by atoms with Crippen LogP contribution in [0.1, 0.15) is 31.4 Å². The molecule has 0 spiro atoms. The van der Waals surface area contributed by atoms with Crippen LogP contribution in [0.25, 0.3) is 11.1 Å². The Kier molecular flexibility index (Phi) is 4.92. The minimum Gasteiger partial charge on any atom is -0.381 e. The zero-order valence-corrected chi connectivity index (χ0v) is 13.9. The first-order valence-electron chi connectivity index (χ1n) is 8.26. The molecule has 1 amide bonds. The molecule has 3 rings (SSSR count). The lowest BCUT2D eigenvalue weighted by molar-refractivity contribution is -0.130. The van der Waals surface area contributed by atoms with E-state index in [0.29, 0.717) is 26.1 Å². The van der Waals surface area contributed by atoms with Gasteiger partial charge < -0.3 is 15.8 Å². The second kappa shape index (κ2) is 7.11. The van der Waals surface area contributed by atoms with E-state index in [1.54, 1.807) is 6.20 Å². The van der Waals surface area contributed by atoms with E-state index in [-0.39, 0.29) is 11.9 Å². The zero-order valence-electron chi connectivity index (χ0n) is 13.9. The van der Waals surface area contributed by atoms with Crippen LogP contribution in [0, 0.1) is 0 Å². The van der Waals surface area contributed by atoms with E-state index in [1.807, 2.05) is 49.5 Å². The summed E-state index contributed by atoms with van der Waals surface area (Å²) in [5.41, 5.74) is 8.64. The number of benzene rings is 1. The average Bonchev–Trinajstić information content (AvgIpc) is 2.63. The molecule has 1 saturated heterocycles. The highest BCUT2D eigenvalue weighted by molar-refractivity contribution is 5.86. The van der Waals surface area contributed by atoms with Crippen molar-refractivity contribution in [1.29, 1.82) is 0 Å². The minimum absolute atomic E-state index is 0.0938. The van der Waals surface area contributed by atoms with Crippen LogP contribution < -0.4 is 11.1 Å². The smallest absolute Gasteiger partial charge is 0.240 e. The summed E-state index contributed by atoms with van der Waals surface area (Å²) >= 11 is 0. The molecule has 2 heterocycles. The van der Waals surface area contributed by atoms with E-state index in [0.717, 1.165) is 16.7 Å². The molecule has 126 valence electrons. The molecule has 1 aromatic heterocycles. The molecule has 1 aliphatic rings. The van der Waals surface area contributed by atoms with Crippen molar-refractivity contribution in [2.24, 2.45) is 5.73 Å². The lowest BCUT2D eigenvalue weighted by Crippen LogP contribution is -2.57. The minimum atomic E-state index is -0.817. The van der Waals surface area contributed by atoms with Gasteiger partial charge in [0.05, 0.1) is 11.6 Å². The highest BCUT2D eigenvalue weighted by atomic mass is 16.5. The number of nitrogens with zero attached hydrogens (tertiary/aromatic N) is 1. The summed E-state index contributed by atoms with van der Waals surface area (Å²) in [6.45, 7) is 3.05. The summed E-state index contributed by atoms with van der Waals surface area (Å²) in [5, 5.41) is 3.03. The van der Waals surface area contributed by atoms with Gasteiger partial charge in [-0.1, -0.05) is 30.3 Å². The van der Waals surface area contributed by atoms with E-state index in [9.17, 15) is 4.79 Å². The van der Waals surface area contributed by atoms with E-state index < -0.39 is 5.54 Å². The van der Waals surface area contributed by atoms with Crippen molar-refractivity contribution in [3.8, 4) is 11.1 Å². The van der Waals surface area contributed by atoms with Crippen molar-refractivity contribution in [3.63, 3.8) is 0 Å². The number of carbonyl (C=O) groups excluding carboxylic acids is 1. The van der Waals surface area contributed by atoms with Gasteiger partial charge in [0.2, 0.25) is 5.91 Å². The maximum Gasteiger partial charge on any atom is 0.240 e. The topological polar surface area (TPSA) is 77.2 Å². The molecular formula is C19H23N3O2. The molecule has 2 aromatic rings. The lowest BCUT2D eigenvalue weighted by Gasteiger charge is -2.33. The SMILES string of the molecule is CC(NC(=O)C1(N)CCOCC1)c1ccc(-c2cccnc2)cc1. The fraction of sp³-hybridized carbons (Fsp3) is 0.368. The number of amides is 1. The highest BCUT2D eigenvalue weighted by Gasteiger charge is 2.36. The Morgan fingerprint density at radius 3 is 2.54 bits per heavy atom. The van der Waals surface area contributed by atoms with E-state index >= 15 is 0 Å². The van der Waals surface area contributed by atoms with Crippen LogP contribution in [0.2, 0.25) is 0 Å². The fourth-order valence-electron chi connectivity index (χ4n) is 2.88. The number of carbonyl (C=O) groups is 1. The Morgan fingerprint density at radius 1 is 1.21 bits per heavy atom. The number of ether oxygens (including phenoxy) is 1. The van der Waals surface area contributed by atoms with Gasteiger partial charge in [-0.05, 0) is 42.5 Å². The fourth-order valence-corrected chi connectivity index (χ4v) is 2.88. The molecule has 3 N–H and O–H groups in total. The largest absolute Gasteiger partial charge is 0.381 e. The van der Waals surface area contributed by atoms with E-state index in [1.165, 1.54) is 0 Å². The molecule has 1 fully saturated rings. The molecule has 5 nitrogen and oxygen atoms in total. The average molecular weight is 325 g/mol. The number of hydrogen-bond donors (Lipinski definition) is 2. The Morgan fingerprint density at radius 2 is 1.92 bits per heavy atom. The van der Waals surface area contributed by atoms with Gasteiger partial charge in [0.25, 0.3) is 0 Å². The molecular weight excluding hydrogens is 302 g/mol. The summed E-state index contributed by atoms with van der Waals surface area (Å²) < 4.78 is 5.29. The number of hydrogen-bond acceptors (Lipinski definition) is 4. The molecule has 1 atom stereocenters. The summed E-state index contributed by atoms with van der Waals surface area (Å²) in [7, 11) is 0. The lowest BCUT2D eigenvalue weighted by atomic mass is 9.90. The van der Waals surface area contributed by atoms with Gasteiger partial charge in [0.15, 0.2) is 0 Å². The van der Waals surface area contributed by atoms with Gasteiger partial charge in [-0.2, -0.15) is 0 Å². The van der Waals surface area contributed by atoms with Crippen molar-refractivity contribution in [1.82, 2.24) is 10.3 Å². The molecule has 1 aromatic carbocycles. The van der Waals surface area contributed by atoms with Crippen LogP contribution in [0.15, 0.2) is 48.8 Å². The van der Waals surface area contributed by atoms with Crippen molar-refractivity contribution in [2.45, 2.75) is 31.3 Å². The predicted molar refractivity (Wildman–Crippen MR) is 93.2 cm³/mol. The zero-order chi connectivity index (χ0) is 17.0. The van der Waals surface area contributed by atoms with E-state index in [4.69, 9.17) is 10.5 Å². The normalized spacial score (nSPS) is 17.9. The molecule has 5 heteroatoms. The van der Waals surface area contributed by atoms with Gasteiger partial charge in [-0.25, -0.2) is 0 Å². The summed E-state index contributed by atoms with van der Waals surface area (Å²) in [4.78, 5) is 16.6. The van der Waals surface area contributed by atoms with Crippen molar-refractivity contribution in [2.75, 3.05) is 13.2 Å². The molecule has 0 radical (unpaired) electrons. The quantitative estimate of drug-likeness (QED) is 0.905. The third-order valence-corrected chi connectivity index (χ3v) is 4.59. The Balaban J connectivity index is 1.67. The van der Waals surface area contributed by atoms with Crippen molar-refractivity contribution < 1.29 is 9.53 Å². The third-order valence-electron chi connectivity index (χ3n) is 4.59. The van der Waals surface area contributed by atoms with Crippen LogP contribution in [0.5, 0.6) is 0 Å². The van der Waals surface area contributed by atoms with Crippen LogP contribution >= 0.6 is 0 Å². The molecule has 0 aliphatic carbocycles. The Hall–Kier alpha value is -2.24. The second-order valence-electron chi connectivity index (χ2n) is 6.33. The number of nitrogens with two attached hydrogens (primary N) is 1. The number of pyridine rings is 1. The van der Waals surface area contributed by atoms with Gasteiger partial charge in [-0.3, -0.25) is 9.78 Å². The van der Waals surface area contributed by atoms with E-state index in [2.05, 4.69) is 10.3 Å². The first-order valence-corrected chi connectivity index (χ1v) is 8.26. The molecule has 1 unspecified atom stereocenters. The Labute approximate surface area is 142 Å². The number of nitrogens with one attached hydrogen (secondary N) is 1. The van der Waals surface area contributed by atoms with Crippen molar-refractivity contribution in [3.05, 3.63) is 54.4 Å². The highest BCUT2D eigenvalue weighted by Crippen LogP contribution is 2.23. The monoisotopic (exact) mass is 325 g/mol. The summed E-state index contributed by atoms with van der Waals surface area (Å²) in [5.74, 6) is -0.102. The van der Waals surface area contributed by atoms with Crippen LogP contribution in [-0.4, -0.2) is 29.6 Å². The van der Waals surface area contributed by atoms with Crippen LogP contribution in [0.3, 0.4) is 0 Å². The molecule has 0 saturated carbocycles. The van der Waals surface area contributed by atoms with Gasteiger partial charge in [-0.15, -0.1) is 0 Å². The standard InChI is InChI=1S/C19H23N3O2/c1-14(22-18(23)19(20)8-11-24-12-9-19)15-4-6-16(7-5-15)17-3-2-10-21-13-17/h2-7,10,13-14H,8-9,11-12,20H2,1H3,(H,22,23). The Bertz CT molecular complexity index is 680.